The van der Waals surface area contributed by atoms with E-state index in [1.807, 2.05) is 0 Å². The SMILES string of the molecule is Cc1ccc2ccn(C3CCCC3CN)c2c1. The number of hydrogen-bond acceptors (Lipinski definition) is 1. The van der Waals surface area contributed by atoms with Crippen molar-refractivity contribution >= 4 is 10.9 Å². The van der Waals surface area contributed by atoms with Crippen molar-refractivity contribution in [1.29, 1.82) is 0 Å². The highest BCUT2D eigenvalue weighted by molar-refractivity contribution is 5.81. The Morgan fingerprint density at radius 3 is 3.00 bits per heavy atom. The summed E-state index contributed by atoms with van der Waals surface area (Å²) in [5, 5.41) is 1.35. The minimum atomic E-state index is 0.610. The largest absolute Gasteiger partial charge is 0.344 e. The van der Waals surface area contributed by atoms with Gasteiger partial charge in [0.05, 0.1) is 0 Å². The van der Waals surface area contributed by atoms with E-state index in [0.717, 1.165) is 6.54 Å². The molecule has 1 fully saturated rings. The second kappa shape index (κ2) is 4.19. The van der Waals surface area contributed by atoms with E-state index < -0.39 is 0 Å². The average Bonchev–Trinajstić information content (AvgIpc) is 2.93. The zero-order valence-corrected chi connectivity index (χ0v) is 10.4. The van der Waals surface area contributed by atoms with Crippen LogP contribution in [0.25, 0.3) is 10.9 Å². The van der Waals surface area contributed by atoms with E-state index >= 15 is 0 Å². The van der Waals surface area contributed by atoms with Gasteiger partial charge in [0.1, 0.15) is 0 Å². The summed E-state index contributed by atoms with van der Waals surface area (Å²) >= 11 is 0. The molecule has 2 N–H and O–H groups in total. The van der Waals surface area contributed by atoms with Crippen LogP contribution in [0.15, 0.2) is 30.5 Å². The highest BCUT2D eigenvalue weighted by Crippen LogP contribution is 2.37. The Morgan fingerprint density at radius 1 is 1.29 bits per heavy atom. The first kappa shape index (κ1) is 10.8. The summed E-state index contributed by atoms with van der Waals surface area (Å²) < 4.78 is 2.45. The summed E-state index contributed by atoms with van der Waals surface area (Å²) in [6.45, 7) is 2.97. The molecule has 2 unspecified atom stereocenters. The summed E-state index contributed by atoms with van der Waals surface area (Å²) in [6, 6.07) is 9.52. The first-order chi connectivity index (χ1) is 8.29. The van der Waals surface area contributed by atoms with Crippen molar-refractivity contribution in [2.24, 2.45) is 11.7 Å². The molecule has 2 atom stereocenters. The Bertz CT molecular complexity index is 527. The van der Waals surface area contributed by atoms with Crippen LogP contribution in [0.1, 0.15) is 30.9 Å². The predicted molar refractivity (Wildman–Crippen MR) is 72.1 cm³/mol. The van der Waals surface area contributed by atoms with E-state index in [1.54, 1.807) is 0 Å². The molecular formula is C15H20N2. The van der Waals surface area contributed by atoms with Crippen molar-refractivity contribution in [3.8, 4) is 0 Å². The molecule has 0 spiro atoms. The quantitative estimate of drug-likeness (QED) is 0.840. The lowest BCUT2D eigenvalue weighted by Gasteiger charge is -2.21. The molecule has 1 saturated carbocycles. The standard InChI is InChI=1S/C15H20N2/c1-11-5-6-12-7-8-17(15(12)9-11)14-4-2-3-13(14)10-16/h5-9,13-14H,2-4,10,16H2,1H3. The fraction of sp³-hybridized carbons (Fsp3) is 0.467. The fourth-order valence-electron chi connectivity index (χ4n) is 3.21. The minimum absolute atomic E-state index is 0.610. The molecular weight excluding hydrogens is 208 g/mol. The summed E-state index contributed by atoms with van der Waals surface area (Å²) in [6.07, 6.45) is 6.12. The van der Waals surface area contributed by atoms with Crippen molar-refractivity contribution in [1.82, 2.24) is 4.57 Å². The van der Waals surface area contributed by atoms with Crippen molar-refractivity contribution in [2.45, 2.75) is 32.2 Å². The molecule has 1 aliphatic rings. The Hall–Kier alpha value is -1.28. The Labute approximate surface area is 102 Å². The number of hydrogen-bond donors (Lipinski definition) is 1. The van der Waals surface area contributed by atoms with Gasteiger partial charge >= 0.3 is 0 Å². The normalized spacial score (nSPS) is 24.6. The van der Waals surface area contributed by atoms with E-state index in [9.17, 15) is 0 Å². The maximum absolute atomic E-state index is 5.89. The molecule has 90 valence electrons. The zero-order valence-electron chi connectivity index (χ0n) is 10.4. The van der Waals surface area contributed by atoms with Gasteiger partial charge in [-0.15, -0.1) is 0 Å². The molecule has 2 aromatic rings. The zero-order chi connectivity index (χ0) is 11.8. The third-order valence-corrected chi connectivity index (χ3v) is 4.16. The first-order valence-corrected chi connectivity index (χ1v) is 6.57. The maximum Gasteiger partial charge on any atom is 0.0485 e. The van der Waals surface area contributed by atoms with Crippen LogP contribution in [0.3, 0.4) is 0 Å². The molecule has 1 aromatic heterocycles. The number of nitrogens with two attached hydrogens (primary N) is 1. The Kier molecular flexibility index (Phi) is 2.67. The number of aryl methyl sites for hydroxylation is 1. The number of nitrogens with zero attached hydrogens (tertiary/aromatic N) is 1. The number of benzene rings is 1. The van der Waals surface area contributed by atoms with Crippen LogP contribution >= 0.6 is 0 Å². The molecule has 17 heavy (non-hydrogen) atoms. The summed E-state index contributed by atoms with van der Waals surface area (Å²) in [7, 11) is 0. The monoisotopic (exact) mass is 228 g/mol. The second-order valence-electron chi connectivity index (χ2n) is 5.28. The van der Waals surface area contributed by atoms with E-state index in [2.05, 4.69) is 42.0 Å². The molecule has 1 heterocycles. The Morgan fingerprint density at radius 2 is 2.18 bits per heavy atom. The van der Waals surface area contributed by atoms with Gasteiger partial charge in [0.25, 0.3) is 0 Å². The number of rotatable bonds is 2. The lowest BCUT2D eigenvalue weighted by Crippen LogP contribution is -2.21. The molecule has 0 amide bonds. The third kappa shape index (κ3) is 1.77. The van der Waals surface area contributed by atoms with Gasteiger partial charge in [-0.1, -0.05) is 18.6 Å². The molecule has 0 aliphatic heterocycles. The van der Waals surface area contributed by atoms with Crippen LogP contribution in [0.2, 0.25) is 0 Å². The predicted octanol–water partition coefficient (Wildman–Crippen LogP) is 3.25. The van der Waals surface area contributed by atoms with Gasteiger partial charge < -0.3 is 10.3 Å². The van der Waals surface area contributed by atoms with Crippen LogP contribution in [-0.4, -0.2) is 11.1 Å². The third-order valence-electron chi connectivity index (χ3n) is 4.16. The van der Waals surface area contributed by atoms with Gasteiger partial charge in [0.15, 0.2) is 0 Å². The first-order valence-electron chi connectivity index (χ1n) is 6.57. The van der Waals surface area contributed by atoms with Crippen LogP contribution in [0.4, 0.5) is 0 Å². The molecule has 0 radical (unpaired) electrons. The highest BCUT2D eigenvalue weighted by Gasteiger charge is 2.27. The van der Waals surface area contributed by atoms with Crippen molar-refractivity contribution < 1.29 is 0 Å². The molecule has 2 nitrogen and oxygen atoms in total. The molecule has 0 saturated heterocycles. The summed E-state index contributed by atoms with van der Waals surface area (Å²) in [4.78, 5) is 0. The van der Waals surface area contributed by atoms with Gasteiger partial charge in [0.2, 0.25) is 0 Å². The van der Waals surface area contributed by atoms with E-state index in [1.165, 1.54) is 35.7 Å². The average molecular weight is 228 g/mol. The lowest BCUT2D eigenvalue weighted by atomic mass is 10.0. The molecule has 0 bridgehead atoms. The highest BCUT2D eigenvalue weighted by atomic mass is 15.0. The molecule has 2 heteroatoms. The van der Waals surface area contributed by atoms with Gasteiger partial charge in [-0.3, -0.25) is 0 Å². The summed E-state index contributed by atoms with van der Waals surface area (Å²) in [5.41, 5.74) is 8.59. The van der Waals surface area contributed by atoms with Crippen molar-refractivity contribution in [3.05, 3.63) is 36.0 Å². The topological polar surface area (TPSA) is 30.9 Å². The van der Waals surface area contributed by atoms with E-state index in [-0.39, 0.29) is 0 Å². The van der Waals surface area contributed by atoms with Crippen LogP contribution in [0.5, 0.6) is 0 Å². The summed E-state index contributed by atoms with van der Waals surface area (Å²) in [5.74, 6) is 0.658. The second-order valence-corrected chi connectivity index (χ2v) is 5.28. The van der Waals surface area contributed by atoms with Gasteiger partial charge in [-0.05, 0) is 55.3 Å². The maximum atomic E-state index is 5.89. The molecule has 1 aliphatic carbocycles. The number of aromatic nitrogens is 1. The Balaban J connectivity index is 2.07. The van der Waals surface area contributed by atoms with Gasteiger partial charge in [0, 0.05) is 17.8 Å². The smallest absolute Gasteiger partial charge is 0.0485 e. The minimum Gasteiger partial charge on any atom is -0.344 e. The van der Waals surface area contributed by atoms with E-state index in [0.29, 0.717) is 12.0 Å². The van der Waals surface area contributed by atoms with Crippen molar-refractivity contribution in [3.63, 3.8) is 0 Å². The molecule has 3 rings (SSSR count). The van der Waals surface area contributed by atoms with Crippen LogP contribution < -0.4 is 5.73 Å². The lowest BCUT2D eigenvalue weighted by molar-refractivity contribution is 0.397. The van der Waals surface area contributed by atoms with Crippen LogP contribution in [0, 0.1) is 12.8 Å². The van der Waals surface area contributed by atoms with Crippen molar-refractivity contribution in [2.75, 3.05) is 6.54 Å². The number of fused-ring (bicyclic) bond motifs is 1. The van der Waals surface area contributed by atoms with E-state index in [4.69, 9.17) is 5.73 Å². The van der Waals surface area contributed by atoms with Crippen LogP contribution in [-0.2, 0) is 0 Å². The van der Waals surface area contributed by atoms with Gasteiger partial charge in [-0.2, -0.15) is 0 Å². The van der Waals surface area contributed by atoms with Gasteiger partial charge in [-0.25, -0.2) is 0 Å². The molecule has 1 aromatic carbocycles. The fourth-order valence-corrected chi connectivity index (χ4v) is 3.21.